The summed E-state index contributed by atoms with van der Waals surface area (Å²) in [5, 5.41) is 5.97. The molecule has 7 nitrogen and oxygen atoms in total. The van der Waals surface area contributed by atoms with Crippen molar-refractivity contribution in [3.63, 3.8) is 0 Å². The van der Waals surface area contributed by atoms with Gasteiger partial charge in [-0.1, -0.05) is 30.3 Å². The largest absolute Gasteiger partial charge is 0.336 e. The van der Waals surface area contributed by atoms with E-state index in [4.69, 9.17) is 0 Å². The smallest absolute Gasteiger partial charge is 0.324 e. The van der Waals surface area contributed by atoms with Gasteiger partial charge in [0, 0.05) is 32.5 Å². The Morgan fingerprint density at radius 1 is 1.20 bits per heavy atom. The number of carbonyl (C=O) groups is 3. The molecule has 0 heterocycles. The van der Waals surface area contributed by atoms with E-state index >= 15 is 0 Å². The number of amides is 3. The highest BCUT2D eigenvalue weighted by atomic mass is 16.2. The van der Waals surface area contributed by atoms with Gasteiger partial charge in [-0.05, 0) is 51.9 Å². The van der Waals surface area contributed by atoms with E-state index < -0.39 is 0 Å². The van der Waals surface area contributed by atoms with Gasteiger partial charge in [0.1, 0.15) is 5.78 Å². The van der Waals surface area contributed by atoms with E-state index in [1.807, 2.05) is 56.4 Å². The fraction of sp³-hybridized carbons (Fsp3) is 0.609. The fourth-order valence-corrected chi connectivity index (χ4v) is 3.95. The molecule has 30 heavy (non-hydrogen) atoms. The maximum atomic E-state index is 13.5. The first-order chi connectivity index (χ1) is 14.4. The molecule has 1 aromatic carbocycles. The molecule has 2 atom stereocenters. The second-order valence-corrected chi connectivity index (χ2v) is 8.44. The van der Waals surface area contributed by atoms with Gasteiger partial charge in [0.05, 0.1) is 12.5 Å². The molecular weight excluding hydrogens is 380 g/mol. The molecule has 0 spiro atoms. The molecule has 0 aliphatic heterocycles. The molecule has 0 radical (unpaired) electrons. The van der Waals surface area contributed by atoms with Crippen LogP contribution >= 0.6 is 0 Å². The molecular formula is C23H36N4O3. The van der Waals surface area contributed by atoms with Gasteiger partial charge in [0.15, 0.2) is 0 Å². The van der Waals surface area contributed by atoms with Crippen LogP contribution in [0.4, 0.5) is 4.79 Å². The minimum atomic E-state index is -0.369. The quantitative estimate of drug-likeness (QED) is 0.612. The molecule has 1 aliphatic rings. The van der Waals surface area contributed by atoms with E-state index in [-0.39, 0.29) is 36.1 Å². The van der Waals surface area contributed by atoms with Gasteiger partial charge >= 0.3 is 6.03 Å². The molecule has 1 aliphatic carbocycles. The minimum absolute atomic E-state index is 0.187. The zero-order valence-electron chi connectivity index (χ0n) is 18.5. The Bertz CT molecular complexity index is 693. The molecule has 7 heteroatoms. The van der Waals surface area contributed by atoms with Crippen molar-refractivity contribution in [2.45, 2.75) is 38.6 Å². The van der Waals surface area contributed by atoms with Gasteiger partial charge in [0.25, 0.3) is 0 Å². The molecule has 3 amide bonds. The van der Waals surface area contributed by atoms with Crippen molar-refractivity contribution in [3.8, 4) is 0 Å². The first kappa shape index (κ1) is 24.0. The SMILES string of the molecule is CNCC(CC1CCCC(=O)C1)C(=O)N(Cc1ccccc1)C(=O)NCCN(C)C. The normalized spacial score (nSPS) is 17.6. The summed E-state index contributed by atoms with van der Waals surface area (Å²) in [6.07, 6.45) is 3.67. The molecule has 2 unspecified atom stereocenters. The number of nitrogens with zero attached hydrogens (tertiary/aromatic N) is 2. The highest BCUT2D eigenvalue weighted by molar-refractivity contribution is 5.95. The highest BCUT2D eigenvalue weighted by Gasteiger charge is 2.32. The molecule has 1 saturated carbocycles. The average Bonchev–Trinajstić information content (AvgIpc) is 2.71. The van der Waals surface area contributed by atoms with Crippen molar-refractivity contribution in [3.05, 3.63) is 35.9 Å². The van der Waals surface area contributed by atoms with Crippen molar-refractivity contribution in [2.75, 3.05) is 40.8 Å². The summed E-state index contributed by atoms with van der Waals surface area (Å²) in [7, 11) is 5.69. The number of ketones is 1. The van der Waals surface area contributed by atoms with Crippen LogP contribution in [0.2, 0.25) is 0 Å². The van der Waals surface area contributed by atoms with Crippen molar-refractivity contribution in [2.24, 2.45) is 11.8 Å². The second-order valence-electron chi connectivity index (χ2n) is 8.44. The summed E-state index contributed by atoms with van der Waals surface area (Å²) >= 11 is 0. The monoisotopic (exact) mass is 416 g/mol. The first-order valence-electron chi connectivity index (χ1n) is 10.8. The number of hydrogen-bond donors (Lipinski definition) is 2. The van der Waals surface area contributed by atoms with E-state index in [2.05, 4.69) is 10.6 Å². The number of urea groups is 1. The molecule has 1 fully saturated rings. The van der Waals surface area contributed by atoms with Crippen LogP contribution in [-0.2, 0) is 16.1 Å². The van der Waals surface area contributed by atoms with E-state index in [1.54, 1.807) is 0 Å². The first-order valence-corrected chi connectivity index (χ1v) is 10.8. The third-order valence-corrected chi connectivity index (χ3v) is 5.53. The third-order valence-electron chi connectivity index (χ3n) is 5.53. The van der Waals surface area contributed by atoms with Gasteiger partial charge < -0.3 is 15.5 Å². The van der Waals surface area contributed by atoms with E-state index in [1.165, 1.54) is 4.90 Å². The Morgan fingerprint density at radius 2 is 1.93 bits per heavy atom. The Hall–Kier alpha value is -2.25. The molecule has 0 aromatic heterocycles. The van der Waals surface area contributed by atoms with Gasteiger partial charge in [-0.25, -0.2) is 4.79 Å². The summed E-state index contributed by atoms with van der Waals surface area (Å²) < 4.78 is 0. The number of Topliss-reactive ketones (excluding diaryl/α,β-unsaturated/α-hetero) is 1. The summed E-state index contributed by atoms with van der Waals surface area (Å²) in [6.45, 7) is 1.89. The van der Waals surface area contributed by atoms with Gasteiger partial charge in [0.2, 0.25) is 5.91 Å². The van der Waals surface area contributed by atoms with Gasteiger partial charge in [-0.3, -0.25) is 14.5 Å². The third kappa shape index (κ3) is 7.88. The van der Waals surface area contributed by atoms with Crippen LogP contribution in [0.15, 0.2) is 30.3 Å². The maximum absolute atomic E-state index is 13.5. The maximum Gasteiger partial charge on any atom is 0.324 e. The zero-order valence-corrected chi connectivity index (χ0v) is 18.5. The lowest BCUT2D eigenvalue weighted by Gasteiger charge is -2.29. The lowest BCUT2D eigenvalue weighted by atomic mass is 9.81. The summed E-state index contributed by atoms with van der Waals surface area (Å²) in [6, 6.07) is 9.19. The topological polar surface area (TPSA) is 81.8 Å². The average molecular weight is 417 g/mol. The number of likely N-dealkylation sites (N-methyl/N-ethyl adjacent to an activating group) is 1. The molecule has 2 rings (SSSR count). The summed E-state index contributed by atoms with van der Waals surface area (Å²) in [5.74, 6) is -0.0313. The van der Waals surface area contributed by atoms with Crippen LogP contribution < -0.4 is 10.6 Å². The van der Waals surface area contributed by atoms with Crippen molar-refractivity contribution < 1.29 is 14.4 Å². The van der Waals surface area contributed by atoms with E-state index in [0.29, 0.717) is 38.9 Å². The number of rotatable bonds is 10. The van der Waals surface area contributed by atoms with Gasteiger partial charge in [-0.2, -0.15) is 0 Å². The molecule has 1 aromatic rings. The Balaban J connectivity index is 2.13. The lowest BCUT2D eigenvalue weighted by molar-refractivity contribution is -0.134. The van der Waals surface area contributed by atoms with Crippen molar-refractivity contribution in [1.29, 1.82) is 0 Å². The van der Waals surface area contributed by atoms with Crippen LogP contribution in [0.25, 0.3) is 0 Å². The predicted molar refractivity (Wildman–Crippen MR) is 118 cm³/mol. The molecule has 2 N–H and O–H groups in total. The molecule has 0 bridgehead atoms. The van der Waals surface area contributed by atoms with Crippen molar-refractivity contribution in [1.82, 2.24) is 20.4 Å². The summed E-state index contributed by atoms with van der Waals surface area (Å²) in [4.78, 5) is 41.6. The van der Waals surface area contributed by atoms with Crippen LogP contribution in [-0.4, -0.2) is 68.3 Å². The van der Waals surface area contributed by atoms with E-state index in [0.717, 1.165) is 18.4 Å². The summed E-state index contributed by atoms with van der Waals surface area (Å²) in [5.41, 5.74) is 0.907. The Labute approximate surface area is 180 Å². The van der Waals surface area contributed by atoms with Crippen LogP contribution in [0.1, 0.15) is 37.7 Å². The predicted octanol–water partition coefficient (Wildman–Crippen LogP) is 2.27. The molecule has 166 valence electrons. The number of hydrogen-bond acceptors (Lipinski definition) is 5. The standard InChI is InChI=1S/C23H36N4O3/c1-24-16-20(14-19-10-7-11-21(28)15-19)22(29)27(17-18-8-5-4-6-9-18)23(30)25-12-13-26(2)3/h4-6,8-9,19-20,24H,7,10-17H2,1-3H3,(H,25,30). The lowest BCUT2D eigenvalue weighted by Crippen LogP contribution is -2.49. The van der Waals surface area contributed by atoms with Crippen LogP contribution in [0.5, 0.6) is 0 Å². The number of imide groups is 1. The van der Waals surface area contributed by atoms with Gasteiger partial charge in [-0.15, -0.1) is 0 Å². The van der Waals surface area contributed by atoms with E-state index in [9.17, 15) is 14.4 Å². The fourth-order valence-electron chi connectivity index (χ4n) is 3.95. The number of benzene rings is 1. The Kier molecular flexibility index (Phi) is 9.97. The van der Waals surface area contributed by atoms with Crippen LogP contribution in [0.3, 0.4) is 0 Å². The second kappa shape index (κ2) is 12.4. The van der Waals surface area contributed by atoms with Crippen LogP contribution in [0, 0.1) is 11.8 Å². The minimum Gasteiger partial charge on any atom is -0.336 e. The van der Waals surface area contributed by atoms with Crippen molar-refractivity contribution >= 4 is 17.7 Å². The Morgan fingerprint density at radius 3 is 2.57 bits per heavy atom. The number of nitrogens with one attached hydrogen (secondary N) is 2. The highest BCUT2D eigenvalue weighted by Crippen LogP contribution is 2.28. The molecule has 0 saturated heterocycles. The zero-order chi connectivity index (χ0) is 21.9. The number of carbonyl (C=O) groups excluding carboxylic acids is 3.